The first-order valence-corrected chi connectivity index (χ1v) is 9.36. The Morgan fingerprint density at radius 2 is 1.93 bits per heavy atom. The number of fused-ring (bicyclic) bond motifs is 1. The molecular weight excluding hydrogens is 338 g/mol. The van der Waals surface area contributed by atoms with Crippen LogP contribution in [-0.2, 0) is 0 Å². The fourth-order valence-electron chi connectivity index (χ4n) is 3.18. The first-order valence-electron chi connectivity index (χ1n) is 9.36. The lowest BCUT2D eigenvalue weighted by atomic mass is 10.1. The van der Waals surface area contributed by atoms with Crippen molar-refractivity contribution in [3.05, 3.63) is 59.7 Å². The summed E-state index contributed by atoms with van der Waals surface area (Å²) < 4.78 is 12.0. The molecule has 1 atom stereocenters. The number of hydrogen-bond acceptors (Lipinski definition) is 4. The minimum atomic E-state index is 0.0474. The number of pyridine rings is 1. The molecule has 0 aliphatic heterocycles. The van der Waals surface area contributed by atoms with Gasteiger partial charge in [0.2, 0.25) is 5.88 Å². The normalized spacial score (nSPS) is 14.8. The zero-order valence-electron chi connectivity index (χ0n) is 15.9. The first-order chi connectivity index (χ1) is 13.0. The molecule has 4 rings (SSSR count). The number of benzene rings is 2. The van der Waals surface area contributed by atoms with E-state index in [0.717, 1.165) is 28.0 Å². The molecule has 4 heteroatoms. The zero-order chi connectivity index (χ0) is 19.0. The van der Waals surface area contributed by atoms with E-state index in [1.807, 2.05) is 49.4 Å². The van der Waals surface area contributed by atoms with E-state index in [2.05, 4.69) is 11.9 Å². The van der Waals surface area contributed by atoms with Gasteiger partial charge in [0.25, 0.3) is 0 Å². The van der Waals surface area contributed by atoms with Gasteiger partial charge < -0.3 is 9.47 Å². The van der Waals surface area contributed by atoms with Gasteiger partial charge in [-0.05, 0) is 87.6 Å². The smallest absolute Gasteiger partial charge is 0.219 e. The Bertz CT molecular complexity index is 1010. The van der Waals surface area contributed by atoms with E-state index in [1.165, 1.54) is 12.8 Å². The average Bonchev–Trinajstić information content (AvgIpc) is 3.48. The number of carbonyl (C=O) groups is 1. The van der Waals surface area contributed by atoms with E-state index in [9.17, 15) is 4.79 Å². The van der Waals surface area contributed by atoms with Gasteiger partial charge in [0.05, 0.1) is 11.6 Å². The van der Waals surface area contributed by atoms with E-state index < -0.39 is 0 Å². The summed E-state index contributed by atoms with van der Waals surface area (Å²) in [4.78, 5) is 16.1. The monoisotopic (exact) mass is 361 g/mol. The number of hydrogen-bond donors (Lipinski definition) is 0. The highest BCUT2D eigenvalue weighted by atomic mass is 16.5. The molecule has 0 saturated heterocycles. The molecule has 0 amide bonds. The van der Waals surface area contributed by atoms with E-state index in [0.29, 0.717) is 17.4 Å². The maximum atomic E-state index is 11.5. The lowest BCUT2D eigenvalue weighted by Crippen LogP contribution is -2.13. The standard InChI is InChI=1S/C23H23NO3/c1-14-12-20(26-16(3)17-4-5-17)8-10-22(14)27-23-11-7-19-13-18(15(2)25)6-9-21(19)24-23/h6-13,16-17H,4-5H2,1-3H3. The highest BCUT2D eigenvalue weighted by Gasteiger charge is 2.29. The lowest BCUT2D eigenvalue weighted by molar-refractivity contribution is 0.101. The summed E-state index contributed by atoms with van der Waals surface area (Å²) in [5.41, 5.74) is 2.49. The first kappa shape index (κ1) is 17.5. The van der Waals surface area contributed by atoms with Gasteiger partial charge in [0.15, 0.2) is 5.78 Å². The van der Waals surface area contributed by atoms with E-state index in [4.69, 9.17) is 9.47 Å². The summed E-state index contributed by atoms with van der Waals surface area (Å²) in [7, 11) is 0. The van der Waals surface area contributed by atoms with Crippen LogP contribution in [0.1, 0.15) is 42.6 Å². The van der Waals surface area contributed by atoms with Crippen LogP contribution in [0.2, 0.25) is 0 Å². The lowest BCUT2D eigenvalue weighted by Gasteiger charge is -2.15. The number of aromatic nitrogens is 1. The molecule has 1 aromatic heterocycles. The number of ketones is 1. The van der Waals surface area contributed by atoms with Crippen molar-refractivity contribution in [3.8, 4) is 17.4 Å². The minimum absolute atomic E-state index is 0.0474. The Balaban J connectivity index is 1.52. The van der Waals surface area contributed by atoms with Crippen LogP contribution in [0.5, 0.6) is 17.4 Å². The molecular formula is C23H23NO3. The molecule has 0 N–H and O–H groups in total. The fraction of sp³-hybridized carbons (Fsp3) is 0.304. The molecule has 1 unspecified atom stereocenters. The summed E-state index contributed by atoms with van der Waals surface area (Å²) in [6.45, 7) is 5.70. The Morgan fingerprint density at radius 3 is 2.63 bits per heavy atom. The quantitative estimate of drug-likeness (QED) is 0.527. The van der Waals surface area contributed by atoms with Crippen LogP contribution in [0.25, 0.3) is 10.9 Å². The summed E-state index contributed by atoms with van der Waals surface area (Å²) in [6, 6.07) is 15.1. The Morgan fingerprint density at radius 1 is 1.11 bits per heavy atom. The molecule has 0 radical (unpaired) electrons. The van der Waals surface area contributed by atoms with E-state index in [1.54, 1.807) is 13.0 Å². The van der Waals surface area contributed by atoms with Gasteiger partial charge in [0, 0.05) is 17.0 Å². The van der Waals surface area contributed by atoms with Crippen molar-refractivity contribution in [2.45, 2.75) is 39.7 Å². The van der Waals surface area contributed by atoms with Crippen molar-refractivity contribution >= 4 is 16.7 Å². The number of nitrogens with zero attached hydrogens (tertiary/aromatic N) is 1. The summed E-state index contributed by atoms with van der Waals surface area (Å²) in [5.74, 6) is 2.91. The van der Waals surface area contributed by atoms with Crippen LogP contribution >= 0.6 is 0 Å². The van der Waals surface area contributed by atoms with Crippen LogP contribution < -0.4 is 9.47 Å². The van der Waals surface area contributed by atoms with E-state index >= 15 is 0 Å². The summed E-state index contributed by atoms with van der Waals surface area (Å²) >= 11 is 0. The van der Waals surface area contributed by atoms with Crippen LogP contribution in [0.15, 0.2) is 48.5 Å². The zero-order valence-corrected chi connectivity index (χ0v) is 15.9. The molecule has 1 aliphatic rings. The molecule has 27 heavy (non-hydrogen) atoms. The number of ether oxygens (including phenoxy) is 2. The van der Waals surface area contributed by atoms with Gasteiger partial charge >= 0.3 is 0 Å². The molecule has 1 saturated carbocycles. The topological polar surface area (TPSA) is 48.4 Å². The molecule has 3 aromatic rings. The van der Waals surface area contributed by atoms with Crippen molar-refractivity contribution < 1.29 is 14.3 Å². The van der Waals surface area contributed by atoms with Crippen molar-refractivity contribution in [2.75, 3.05) is 0 Å². The second-order valence-corrected chi connectivity index (χ2v) is 7.30. The second-order valence-electron chi connectivity index (χ2n) is 7.30. The number of carbonyl (C=O) groups excluding carboxylic acids is 1. The van der Waals surface area contributed by atoms with Crippen molar-refractivity contribution in [1.82, 2.24) is 4.98 Å². The van der Waals surface area contributed by atoms with Gasteiger partial charge in [-0.2, -0.15) is 0 Å². The van der Waals surface area contributed by atoms with Gasteiger partial charge in [0.1, 0.15) is 11.5 Å². The van der Waals surface area contributed by atoms with Crippen LogP contribution in [0, 0.1) is 12.8 Å². The number of aryl methyl sites for hydroxylation is 1. The second kappa shape index (κ2) is 7.03. The highest BCUT2D eigenvalue weighted by molar-refractivity contribution is 5.97. The SMILES string of the molecule is CC(=O)c1ccc2nc(Oc3ccc(OC(C)C4CC4)cc3C)ccc2c1. The molecule has 0 spiro atoms. The number of Topliss-reactive ketones (excluding diaryl/α,β-unsaturated/α-hetero) is 1. The molecule has 1 fully saturated rings. The van der Waals surface area contributed by atoms with Crippen LogP contribution in [0.3, 0.4) is 0 Å². The summed E-state index contributed by atoms with van der Waals surface area (Å²) in [5, 5.41) is 0.921. The predicted molar refractivity (Wildman–Crippen MR) is 106 cm³/mol. The molecule has 138 valence electrons. The maximum Gasteiger partial charge on any atom is 0.219 e. The Hall–Kier alpha value is -2.88. The van der Waals surface area contributed by atoms with Crippen LogP contribution in [-0.4, -0.2) is 16.9 Å². The largest absolute Gasteiger partial charge is 0.490 e. The maximum absolute atomic E-state index is 11.5. The van der Waals surface area contributed by atoms with Gasteiger partial charge in [-0.15, -0.1) is 0 Å². The predicted octanol–water partition coefficient (Wildman–Crippen LogP) is 5.72. The Labute approximate surface area is 159 Å². The number of rotatable bonds is 6. The molecule has 1 heterocycles. The minimum Gasteiger partial charge on any atom is -0.490 e. The average molecular weight is 361 g/mol. The third kappa shape index (κ3) is 3.95. The van der Waals surface area contributed by atoms with Gasteiger partial charge in [-0.1, -0.05) is 0 Å². The Kier molecular flexibility index (Phi) is 4.56. The van der Waals surface area contributed by atoms with Gasteiger partial charge in [-0.3, -0.25) is 4.79 Å². The molecule has 4 nitrogen and oxygen atoms in total. The highest BCUT2D eigenvalue weighted by Crippen LogP contribution is 2.35. The van der Waals surface area contributed by atoms with Crippen LogP contribution in [0.4, 0.5) is 0 Å². The summed E-state index contributed by atoms with van der Waals surface area (Å²) in [6.07, 6.45) is 2.80. The third-order valence-corrected chi connectivity index (χ3v) is 5.04. The van der Waals surface area contributed by atoms with E-state index in [-0.39, 0.29) is 11.9 Å². The van der Waals surface area contributed by atoms with Crippen molar-refractivity contribution in [1.29, 1.82) is 0 Å². The van der Waals surface area contributed by atoms with Crippen molar-refractivity contribution in [2.24, 2.45) is 5.92 Å². The fourth-order valence-corrected chi connectivity index (χ4v) is 3.18. The molecule has 0 bridgehead atoms. The van der Waals surface area contributed by atoms with Crippen molar-refractivity contribution in [3.63, 3.8) is 0 Å². The van der Waals surface area contributed by atoms with Gasteiger partial charge in [-0.25, -0.2) is 4.98 Å². The molecule has 2 aromatic carbocycles. The molecule has 1 aliphatic carbocycles. The third-order valence-electron chi connectivity index (χ3n) is 5.04.